The maximum absolute atomic E-state index is 5.34. The number of aromatic nitrogens is 3. The number of rotatable bonds is 6. The number of nitrogens with zero attached hydrogens (tertiary/aromatic N) is 3. The van der Waals surface area contributed by atoms with E-state index in [1.54, 1.807) is 14.2 Å². The molecule has 7 heteroatoms. The van der Waals surface area contributed by atoms with Crippen LogP contribution < -0.4 is 14.8 Å². The Labute approximate surface area is 122 Å². The van der Waals surface area contributed by atoms with Crippen molar-refractivity contribution in [2.75, 3.05) is 26.1 Å². The fourth-order valence-corrected chi connectivity index (χ4v) is 2.34. The van der Waals surface area contributed by atoms with Crippen LogP contribution >= 0.6 is 11.8 Å². The predicted molar refractivity (Wildman–Crippen MR) is 77.7 cm³/mol. The van der Waals surface area contributed by atoms with Crippen molar-refractivity contribution >= 4 is 17.7 Å². The summed E-state index contributed by atoms with van der Waals surface area (Å²) in [5, 5.41) is 3.45. The third-order valence-corrected chi connectivity index (χ3v) is 3.28. The molecule has 0 amide bonds. The molecule has 0 fully saturated rings. The molecule has 1 heterocycles. The minimum absolute atomic E-state index is 0.309. The lowest BCUT2D eigenvalue weighted by Crippen LogP contribution is -2.04. The van der Waals surface area contributed by atoms with Gasteiger partial charge in [-0.3, -0.25) is 0 Å². The van der Waals surface area contributed by atoms with Gasteiger partial charge in [-0.05, 0) is 30.8 Å². The number of methoxy groups -OCH3 is 1. The van der Waals surface area contributed by atoms with E-state index in [2.05, 4.69) is 20.3 Å². The summed E-state index contributed by atoms with van der Waals surface area (Å²) in [7, 11) is 3.39. The Bertz CT molecular complexity index is 580. The second-order valence-corrected chi connectivity index (χ2v) is 4.67. The van der Waals surface area contributed by atoms with Crippen molar-refractivity contribution in [2.45, 2.75) is 17.0 Å². The minimum Gasteiger partial charge on any atom is -0.496 e. The fraction of sp³-hybridized carbons (Fsp3) is 0.308. The van der Waals surface area contributed by atoms with E-state index in [0.717, 1.165) is 10.6 Å². The number of para-hydroxylation sites is 1. The Kier molecular flexibility index (Phi) is 5.00. The van der Waals surface area contributed by atoms with E-state index in [9.17, 15) is 0 Å². The van der Waals surface area contributed by atoms with Gasteiger partial charge in [0.2, 0.25) is 11.1 Å². The van der Waals surface area contributed by atoms with Crippen LogP contribution in [0, 0.1) is 0 Å². The van der Waals surface area contributed by atoms with Crippen molar-refractivity contribution in [3.8, 4) is 11.8 Å². The molecule has 2 aromatic rings. The molecule has 20 heavy (non-hydrogen) atoms. The molecule has 0 aliphatic heterocycles. The normalized spacial score (nSPS) is 10.2. The van der Waals surface area contributed by atoms with Crippen LogP contribution in [0.2, 0.25) is 0 Å². The molecule has 0 saturated heterocycles. The second kappa shape index (κ2) is 6.95. The molecule has 2 rings (SSSR count). The fourth-order valence-electron chi connectivity index (χ4n) is 1.49. The standard InChI is InChI=1S/C13H16N4O2S/c1-4-19-12-15-11(14-2)16-13(17-12)20-10-8-6-5-7-9(10)18-3/h5-8H,4H2,1-3H3,(H,14,15,16,17). The van der Waals surface area contributed by atoms with Gasteiger partial charge in [0.25, 0.3) is 0 Å². The van der Waals surface area contributed by atoms with Crippen LogP contribution in [0.4, 0.5) is 5.95 Å². The van der Waals surface area contributed by atoms with Crippen molar-refractivity contribution in [2.24, 2.45) is 0 Å². The molecule has 0 unspecified atom stereocenters. The Balaban J connectivity index is 2.30. The molecule has 0 bridgehead atoms. The summed E-state index contributed by atoms with van der Waals surface area (Å²) in [6.45, 7) is 2.39. The first kappa shape index (κ1) is 14.4. The molecule has 0 radical (unpaired) electrons. The van der Waals surface area contributed by atoms with Crippen LogP contribution in [0.3, 0.4) is 0 Å². The smallest absolute Gasteiger partial charge is 0.322 e. The van der Waals surface area contributed by atoms with E-state index in [-0.39, 0.29) is 0 Å². The number of ether oxygens (including phenoxy) is 2. The molecule has 1 N–H and O–H groups in total. The average molecular weight is 292 g/mol. The van der Waals surface area contributed by atoms with Crippen molar-refractivity contribution in [3.05, 3.63) is 24.3 Å². The summed E-state index contributed by atoms with van der Waals surface area (Å²) < 4.78 is 10.6. The minimum atomic E-state index is 0.309. The highest BCUT2D eigenvalue weighted by Gasteiger charge is 2.10. The van der Waals surface area contributed by atoms with E-state index in [1.807, 2.05) is 31.2 Å². The number of benzene rings is 1. The summed E-state index contributed by atoms with van der Waals surface area (Å²) in [6, 6.07) is 8.01. The number of nitrogens with one attached hydrogen (secondary N) is 1. The first-order chi connectivity index (χ1) is 9.76. The molecule has 1 aromatic carbocycles. The highest BCUT2D eigenvalue weighted by Crippen LogP contribution is 2.33. The summed E-state index contributed by atoms with van der Waals surface area (Å²) in [5.74, 6) is 1.25. The molecule has 0 aliphatic rings. The topological polar surface area (TPSA) is 69.2 Å². The Morgan fingerprint density at radius 1 is 1.20 bits per heavy atom. The molecule has 1 aromatic heterocycles. The van der Waals surface area contributed by atoms with E-state index in [1.165, 1.54) is 11.8 Å². The van der Waals surface area contributed by atoms with Gasteiger partial charge in [-0.2, -0.15) is 15.0 Å². The van der Waals surface area contributed by atoms with Crippen LogP contribution in [0.25, 0.3) is 0 Å². The lowest BCUT2D eigenvalue weighted by molar-refractivity contribution is 0.308. The monoisotopic (exact) mass is 292 g/mol. The van der Waals surface area contributed by atoms with Crippen LogP contribution in [-0.4, -0.2) is 35.7 Å². The number of anilines is 1. The van der Waals surface area contributed by atoms with Crippen LogP contribution in [-0.2, 0) is 0 Å². The van der Waals surface area contributed by atoms with Gasteiger partial charge in [0.1, 0.15) is 5.75 Å². The summed E-state index contributed by atoms with van der Waals surface area (Å²) >= 11 is 1.40. The highest BCUT2D eigenvalue weighted by atomic mass is 32.2. The maximum atomic E-state index is 5.34. The van der Waals surface area contributed by atoms with Gasteiger partial charge in [-0.1, -0.05) is 12.1 Å². The third-order valence-electron chi connectivity index (χ3n) is 2.36. The molecule has 0 spiro atoms. The van der Waals surface area contributed by atoms with Crippen LogP contribution in [0.15, 0.2) is 34.3 Å². The Hall–Kier alpha value is -2.02. The molecule has 0 aliphatic carbocycles. The van der Waals surface area contributed by atoms with E-state index in [4.69, 9.17) is 9.47 Å². The quantitative estimate of drug-likeness (QED) is 0.877. The van der Waals surface area contributed by atoms with E-state index >= 15 is 0 Å². The SMILES string of the molecule is CCOc1nc(NC)nc(Sc2ccccc2OC)n1. The Morgan fingerprint density at radius 2 is 2.00 bits per heavy atom. The van der Waals surface area contributed by atoms with Gasteiger partial charge in [0.05, 0.1) is 18.6 Å². The maximum Gasteiger partial charge on any atom is 0.322 e. The van der Waals surface area contributed by atoms with Gasteiger partial charge in [0, 0.05) is 7.05 Å². The van der Waals surface area contributed by atoms with Crippen molar-refractivity contribution in [1.82, 2.24) is 15.0 Å². The molecule has 6 nitrogen and oxygen atoms in total. The molecule has 106 valence electrons. The molecule has 0 saturated carbocycles. The van der Waals surface area contributed by atoms with Gasteiger partial charge < -0.3 is 14.8 Å². The van der Waals surface area contributed by atoms with E-state index < -0.39 is 0 Å². The zero-order valence-electron chi connectivity index (χ0n) is 11.6. The zero-order chi connectivity index (χ0) is 14.4. The Morgan fingerprint density at radius 3 is 2.70 bits per heavy atom. The number of hydrogen-bond donors (Lipinski definition) is 1. The van der Waals surface area contributed by atoms with Gasteiger partial charge >= 0.3 is 6.01 Å². The molecule has 0 atom stereocenters. The average Bonchev–Trinajstić information content (AvgIpc) is 2.48. The molecular weight excluding hydrogens is 276 g/mol. The third kappa shape index (κ3) is 3.51. The van der Waals surface area contributed by atoms with Crippen molar-refractivity contribution in [1.29, 1.82) is 0 Å². The van der Waals surface area contributed by atoms with Gasteiger partial charge in [-0.15, -0.1) is 0 Å². The largest absolute Gasteiger partial charge is 0.496 e. The summed E-state index contributed by atoms with van der Waals surface area (Å²) in [4.78, 5) is 13.6. The molecular formula is C13H16N4O2S. The van der Waals surface area contributed by atoms with Crippen LogP contribution in [0.1, 0.15) is 6.92 Å². The van der Waals surface area contributed by atoms with Gasteiger partial charge in [0.15, 0.2) is 0 Å². The summed E-state index contributed by atoms with van der Waals surface area (Å²) in [5.41, 5.74) is 0. The lowest BCUT2D eigenvalue weighted by Gasteiger charge is -2.08. The predicted octanol–water partition coefficient (Wildman–Crippen LogP) is 2.47. The lowest BCUT2D eigenvalue weighted by atomic mass is 10.3. The summed E-state index contributed by atoms with van der Waals surface area (Å²) in [6.07, 6.45) is 0. The first-order valence-electron chi connectivity index (χ1n) is 6.14. The van der Waals surface area contributed by atoms with Gasteiger partial charge in [-0.25, -0.2) is 0 Å². The highest BCUT2D eigenvalue weighted by molar-refractivity contribution is 7.99. The zero-order valence-corrected chi connectivity index (χ0v) is 12.4. The van der Waals surface area contributed by atoms with E-state index in [0.29, 0.717) is 23.7 Å². The second-order valence-electron chi connectivity index (χ2n) is 3.66. The van der Waals surface area contributed by atoms with Crippen molar-refractivity contribution in [3.63, 3.8) is 0 Å². The van der Waals surface area contributed by atoms with Crippen LogP contribution in [0.5, 0.6) is 11.8 Å². The number of hydrogen-bond acceptors (Lipinski definition) is 7. The van der Waals surface area contributed by atoms with Crippen molar-refractivity contribution < 1.29 is 9.47 Å². The first-order valence-corrected chi connectivity index (χ1v) is 6.96.